The highest BCUT2D eigenvalue weighted by Crippen LogP contribution is 2.30. The maximum absolute atomic E-state index is 13.0. The molecule has 3 heterocycles. The fourth-order valence-electron chi connectivity index (χ4n) is 3.65. The van der Waals surface area contributed by atoms with E-state index in [1.807, 2.05) is 38.4 Å². The Morgan fingerprint density at radius 1 is 1.00 bits per heavy atom. The van der Waals surface area contributed by atoms with E-state index in [1.165, 1.54) is 0 Å². The standard InChI is InChI=1S/C19H29N7O2.3ClH/c1-15(12-25-9-3-6-21-25)23-17(27)11-19(5-8-20-14-19)18(28)24-16(2)13-26-10-4-7-22-26;;;/h3-4,6-7,9-10,15-16,20H,5,8,11-14H2,1-2H3,(H,23,27)(H,24,28);3*1H. The molecule has 2 aromatic heterocycles. The summed E-state index contributed by atoms with van der Waals surface area (Å²) < 4.78 is 3.57. The first-order valence-electron chi connectivity index (χ1n) is 9.73. The van der Waals surface area contributed by atoms with Gasteiger partial charge in [0.2, 0.25) is 11.8 Å². The van der Waals surface area contributed by atoms with Crippen LogP contribution in [-0.4, -0.2) is 56.5 Å². The second-order valence-electron chi connectivity index (χ2n) is 7.68. The Balaban J connectivity index is 0.00000300. The zero-order valence-corrected chi connectivity index (χ0v) is 20.1. The number of carbonyl (C=O) groups excluding carboxylic acids is 2. The molecule has 31 heavy (non-hydrogen) atoms. The van der Waals surface area contributed by atoms with Gasteiger partial charge in [-0.25, -0.2) is 0 Å². The minimum atomic E-state index is -0.714. The van der Waals surface area contributed by atoms with Crippen molar-refractivity contribution in [1.29, 1.82) is 0 Å². The van der Waals surface area contributed by atoms with Crippen LogP contribution in [-0.2, 0) is 22.7 Å². The van der Waals surface area contributed by atoms with E-state index >= 15 is 0 Å². The first kappa shape index (κ1) is 29.2. The van der Waals surface area contributed by atoms with Crippen molar-refractivity contribution >= 4 is 49.0 Å². The van der Waals surface area contributed by atoms with Gasteiger partial charge in [0.05, 0.1) is 18.5 Å². The predicted molar refractivity (Wildman–Crippen MR) is 126 cm³/mol. The summed E-state index contributed by atoms with van der Waals surface area (Å²) in [6.07, 6.45) is 7.97. The molecule has 3 unspecified atom stereocenters. The van der Waals surface area contributed by atoms with E-state index in [1.54, 1.807) is 21.8 Å². The number of amides is 2. The van der Waals surface area contributed by atoms with Crippen molar-refractivity contribution in [1.82, 2.24) is 35.5 Å². The lowest BCUT2D eigenvalue weighted by molar-refractivity contribution is -0.136. The highest BCUT2D eigenvalue weighted by molar-refractivity contribution is 5.89. The molecule has 176 valence electrons. The molecule has 9 nitrogen and oxygen atoms in total. The molecule has 1 aliphatic heterocycles. The lowest BCUT2D eigenvalue weighted by atomic mass is 9.82. The third-order valence-electron chi connectivity index (χ3n) is 5.05. The van der Waals surface area contributed by atoms with Gasteiger partial charge in [0.15, 0.2) is 0 Å². The number of hydrogen-bond acceptors (Lipinski definition) is 5. The summed E-state index contributed by atoms with van der Waals surface area (Å²) in [6, 6.07) is 3.56. The van der Waals surface area contributed by atoms with Gasteiger partial charge in [-0.3, -0.25) is 19.0 Å². The first-order chi connectivity index (χ1) is 13.5. The molecule has 0 bridgehead atoms. The molecule has 0 aliphatic carbocycles. The van der Waals surface area contributed by atoms with Crippen molar-refractivity contribution in [2.24, 2.45) is 5.41 Å². The molecule has 2 amide bonds. The molecule has 12 heteroatoms. The second kappa shape index (κ2) is 13.6. The zero-order chi connectivity index (χ0) is 20.0. The lowest BCUT2D eigenvalue weighted by Crippen LogP contribution is -2.50. The maximum atomic E-state index is 13.0. The average molecular weight is 497 g/mol. The largest absolute Gasteiger partial charge is 0.352 e. The van der Waals surface area contributed by atoms with Crippen molar-refractivity contribution in [3.63, 3.8) is 0 Å². The molecule has 0 radical (unpaired) electrons. The van der Waals surface area contributed by atoms with E-state index < -0.39 is 5.41 Å². The van der Waals surface area contributed by atoms with Crippen molar-refractivity contribution < 1.29 is 9.59 Å². The van der Waals surface area contributed by atoms with Gasteiger partial charge in [-0.1, -0.05) is 0 Å². The molecule has 1 fully saturated rings. The Morgan fingerprint density at radius 3 is 2.00 bits per heavy atom. The van der Waals surface area contributed by atoms with Gasteiger partial charge in [-0.05, 0) is 38.9 Å². The van der Waals surface area contributed by atoms with Gasteiger partial charge in [-0.15, -0.1) is 37.2 Å². The van der Waals surface area contributed by atoms with E-state index in [-0.39, 0.29) is 67.5 Å². The Morgan fingerprint density at radius 2 is 1.55 bits per heavy atom. The molecule has 1 saturated heterocycles. The van der Waals surface area contributed by atoms with E-state index in [0.717, 1.165) is 6.54 Å². The fraction of sp³-hybridized carbons (Fsp3) is 0.579. The van der Waals surface area contributed by atoms with Gasteiger partial charge >= 0.3 is 0 Å². The van der Waals surface area contributed by atoms with Crippen LogP contribution in [0.5, 0.6) is 0 Å². The van der Waals surface area contributed by atoms with Crippen LogP contribution >= 0.6 is 37.2 Å². The summed E-state index contributed by atoms with van der Waals surface area (Å²) in [5.74, 6) is -0.190. The number of aromatic nitrogens is 4. The number of nitrogens with zero attached hydrogens (tertiary/aromatic N) is 4. The van der Waals surface area contributed by atoms with Gasteiger partial charge in [0.25, 0.3) is 0 Å². The fourth-order valence-corrected chi connectivity index (χ4v) is 3.65. The van der Waals surface area contributed by atoms with Gasteiger partial charge in [-0.2, -0.15) is 10.2 Å². The lowest BCUT2D eigenvalue weighted by Gasteiger charge is -2.29. The summed E-state index contributed by atoms with van der Waals surface area (Å²) in [7, 11) is 0. The van der Waals surface area contributed by atoms with Crippen LogP contribution in [0.1, 0.15) is 26.7 Å². The Hall–Kier alpha value is -1.81. The van der Waals surface area contributed by atoms with E-state index in [4.69, 9.17) is 0 Å². The average Bonchev–Trinajstić information content (AvgIpc) is 3.37. The Kier molecular flexibility index (Phi) is 12.8. The minimum Gasteiger partial charge on any atom is -0.352 e. The number of rotatable bonds is 9. The summed E-state index contributed by atoms with van der Waals surface area (Å²) in [6.45, 7) is 6.31. The van der Waals surface area contributed by atoms with Crippen molar-refractivity contribution in [3.05, 3.63) is 36.9 Å². The molecular weight excluding hydrogens is 465 g/mol. The van der Waals surface area contributed by atoms with Crippen LogP contribution in [0.2, 0.25) is 0 Å². The van der Waals surface area contributed by atoms with Crippen molar-refractivity contribution in [3.8, 4) is 0 Å². The van der Waals surface area contributed by atoms with E-state index in [9.17, 15) is 9.59 Å². The molecule has 0 saturated carbocycles. The molecular formula is C19H32Cl3N7O2. The maximum Gasteiger partial charge on any atom is 0.228 e. The van der Waals surface area contributed by atoms with Gasteiger partial charge < -0.3 is 16.0 Å². The quantitative estimate of drug-likeness (QED) is 0.487. The highest BCUT2D eigenvalue weighted by atomic mass is 35.5. The van der Waals surface area contributed by atoms with Crippen molar-refractivity contribution in [2.45, 2.75) is 51.9 Å². The summed E-state index contributed by atoms with van der Waals surface area (Å²) in [4.78, 5) is 25.6. The van der Waals surface area contributed by atoms with Crippen molar-refractivity contribution in [2.75, 3.05) is 13.1 Å². The third-order valence-corrected chi connectivity index (χ3v) is 5.05. The van der Waals surface area contributed by atoms with Gasteiger partial charge in [0, 0.05) is 49.8 Å². The van der Waals surface area contributed by atoms with Crippen LogP contribution in [0.3, 0.4) is 0 Å². The highest BCUT2D eigenvalue weighted by Gasteiger charge is 2.43. The summed E-state index contributed by atoms with van der Waals surface area (Å²) >= 11 is 0. The monoisotopic (exact) mass is 495 g/mol. The number of hydrogen-bond donors (Lipinski definition) is 3. The molecule has 3 N–H and O–H groups in total. The summed E-state index contributed by atoms with van der Waals surface area (Å²) in [5, 5.41) is 17.6. The topological polar surface area (TPSA) is 106 Å². The third kappa shape index (κ3) is 8.33. The number of carbonyl (C=O) groups is 2. The minimum absolute atomic E-state index is 0. The van der Waals surface area contributed by atoms with E-state index in [2.05, 4.69) is 26.1 Å². The van der Waals surface area contributed by atoms with Crippen LogP contribution in [0.15, 0.2) is 36.9 Å². The Labute approximate surface area is 201 Å². The number of nitrogens with one attached hydrogen (secondary N) is 3. The first-order valence-corrected chi connectivity index (χ1v) is 9.73. The van der Waals surface area contributed by atoms with Gasteiger partial charge in [0.1, 0.15) is 0 Å². The van der Waals surface area contributed by atoms with E-state index in [0.29, 0.717) is 26.1 Å². The summed E-state index contributed by atoms with van der Waals surface area (Å²) in [5.41, 5.74) is -0.714. The Bertz CT molecular complexity index is 766. The zero-order valence-electron chi connectivity index (χ0n) is 17.7. The molecule has 1 aliphatic rings. The molecule has 0 aromatic carbocycles. The van der Waals surface area contributed by atoms with Crippen LogP contribution in [0.4, 0.5) is 0 Å². The second-order valence-corrected chi connectivity index (χ2v) is 7.68. The molecule has 2 aromatic rings. The molecule has 3 rings (SSSR count). The van der Waals surface area contributed by atoms with Crippen LogP contribution in [0.25, 0.3) is 0 Å². The predicted octanol–water partition coefficient (Wildman–Crippen LogP) is 1.42. The number of halogens is 3. The van der Waals surface area contributed by atoms with Crippen LogP contribution in [0, 0.1) is 5.41 Å². The molecule has 3 atom stereocenters. The van der Waals surface area contributed by atoms with Crippen LogP contribution < -0.4 is 16.0 Å². The smallest absolute Gasteiger partial charge is 0.228 e. The SMILES string of the molecule is CC(Cn1cccn1)NC(=O)CC1(C(=O)NC(C)Cn2cccn2)CCNC1.Cl.Cl.Cl. The molecule has 0 spiro atoms. The normalized spacial score (nSPS) is 19.2.